The van der Waals surface area contributed by atoms with Gasteiger partial charge in [-0.05, 0) is 59.4 Å². The predicted molar refractivity (Wildman–Crippen MR) is 78.2 cm³/mol. The fourth-order valence-electron chi connectivity index (χ4n) is 2.82. The number of halogens is 2. The van der Waals surface area contributed by atoms with Gasteiger partial charge in [-0.15, -0.1) is 0 Å². The first-order chi connectivity index (χ1) is 9.56. The van der Waals surface area contributed by atoms with Crippen LogP contribution >= 0.6 is 15.9 Å². The summed E-state index contributed by atoms with van der Waals surface area (Å²) in [6.45, 7) is 0.706. The molecule has 0 heterocycles. The number of nitrogens with zero attached hydrogens (tertiary/aromatic N) is 1. The number of anilines is 1. The lowest BCUT2D eigenvalue weighted by Gasteiger charge is -2.17. The van der Waals surface area contributed by atoms with Crippen LogP contribution < -0.4 is 5.32 Å². The molecule has 20 heavy (non-hydrogen) atoms. The van der Waals surface area contributed by atoms with Gasteiger partial charge >= 0.3 is 0 Å². The van der Waals surface area contributed by atoms with E-state index in [1.165, 1.54) is 37.8 Å². The highest BCUT2D eigenvalue weighted by atomic mass is 79.9. The van der Waals surface area contributed by atoms with E-state index in [9.17, 15) is 14.5 Å². The van der Waals surface area contributed by atoms with Crippen molar-refractivity contribution in [1.29, 1.82) is 0 Å². The van der Waals surface area contributed by atoms with Gasteiger partial charge in [0.15, 0.2) is 0 Å². The maximum absolute atomic E-state index is 13.6. The second-order valence-electron chi connectivity index (χ2n) is 5.76. The van der Waals surface area contributed by atoms with Crippen LogP contribution in [-0.2, 0) is 0 Å². The van der Waals surface area contributed by atoms with Crippen LogP contribution in [0, 0.1) is 33.7 Å². The second kappa shape index (κ2) is 5.31. The van der Waals surface area contributed by atoms with Crippen LogP contribution in [0.1, 0.15) is 25.7 Å². The molecule has 108 valence electrons. The quantitative estimate of drug-likeness (QED) is 0.617. The summed E-state index contributed by atoms with van der Waals surface area (Å²) in [5, 5.41) is 14.1. The lowest BCUT2D eigenvalue weighted by molar-refractivity contribution is -0.384. The van der Waals surface area contributed by atoms with Crippen LogP contribution in [0.3, 0.4) is 0 Å². The molecule has 6 heteroatoms. The van der Waals surface area contributed by atoms with Crippen molar-refractivity contribution < 1.29 is 9.31 Å². The fraction of sp³-hybridized carbons (Fsp3) is 0.571. The minimum absolute atomic E-state index is 0.0800. The van der Waals surface area contributed by atoms with E-state index in [0.29, 0.717) is 12.5 Å². The van der Waals surface area contributed by atoms with Crippen molar-refractivity contribution in [3.63, 3.8) is 0 Å². The van der Waals surface area contributed by atoms with Gasteiger partial charge in [0.1, 0.15) is 11.5 Å². The summed E-state index contributed by atoms with van der Waals surface area (Å²) in [5.41, 5.74) is 0.200. The van der Waals surface area contributed by atoms with E-state index >= 15 is 0 Å². The van der Waals surface area contributed by atoms with E-state index in [1.54, 1.807) is 0 Å². The van der Waals surface area contributed by atoms with E-state index < -0.39 is 10.7 Å². The largest absolute Gasteiger partial charge is 0.379 e. The maximum Gasteiger partial charge on any atom is 0.293 e. The number of nitro groups is 1. The van der Waals surface area contributed by atoms with Gasteiger partial charge in [-0.2, -0.15) is 0 Å². The number of rotatable bonds is 6. The molecule has 0 saturated heterocycles. The molecule has 0 aliphatic heterocycles. The molecule has 0 unspecified atom stereocenters. The normalized spacial score (nSPS) is 18.4. The maximum atomic E-state index is 13.6. The molecular weight excluding hydrogens is 327 g/mol. The van der Waals surface area contributed by atoms with Gasteiger partial charge in [0, 0.05) is 18.7 Å². The summed E-state index contributed by atoms with van der Waals surface area (Å²) in [7, 11) is 0. The molecule has 1 aromatic rings. The lowest BCUT2D eigenvalue weighted by atomic mass is 9.98. The molecule has 0 radical (unpaired) electrons. The summed E-state index contributed by atoms with van der Waals surface area (Å²) >= 11 is 2.99. The van der Waals surface area contributed by atoms with Gasteiger partial charge in [0.05, 0.1) is 9.40 Å². The molecule has 1 N–H and O–H groups in total. The van der Waals surface area contributed by atoms with E-state index in [4.69, 9.17) is 0 Å². The third kappa shape index (κ3) is 2.95. The first-order valence-electron chi connectivity index (χ1n) is 6.93. The lowest BCUT2D eigenvalue weighted by Crippen LogP contribution is -2.18. The van der Waals surface area contributed by atoms with E-state index in [1.807, 2.05) is 0 Å². The van der Waals surface area contributed by atoms with Crippen molar-refractivity contribution in [2.45, 2.75) is 25.7 Å². The summed E-state index contributed by atoms with van der Waals surface area (Å²) in [4.78, 5) is 10.6. The molecule has 0 bridgehead atoms. The Bertz CT molecular complexity index is 532. The Kier molecular flexibility index (Phi) is 3.67. The first kappa shape index (κ1) is 13.8. The zero-order chi connectivity index (χ0) is 14.3. The molecule has 2 fully saturated rings. The molecule has 1 aromatic carbocycles. The van der Waals surface area contributed by atoms with Crippen molar-refractivity contribution in [3.8, 4) is 0 Å². The Balaban J connectivity index is 1.75. The SMILES string of the molecule is O=[N+]([O-])c1cc(Br)c(F)cc1NCC(C1CC1)C1CC1. The molecule has 4 nitrogen and oxygen atoms in total. The van der Waals surface area contributed by atoms with Crippen molar-refractivity contribution >= 4 is 27.3 Å². The van der Waals surface area contributed by atoms with Gasteiger partial charge in [0.25, 0.3) is 5.69 Å². The van der Waals surface area contributed by atoms with Crippen LogP contribution in [0.5, 0.6) is 0 Å². The summed E-state index contributed by atoms with van der Waals surface area (Å²) < 4.78 is 13.7. The molecular formula is C14H16BrFN2O2. The molecule has 0 aromatic heterocycles. The highest BCUT2D eigenvalue weighted by Gasteiger charge is 2.41. The van der Waals surface area contributed by atoms with Crippen LogP contribution in [0.4, 0.5) is 15.8 Å². The Hall–Kier alpha value is -1.17. The van der Waals surface area contributed by atoms with Crippen molar-refractivity contribution in [2.24, 2.45) is 17.8 Å². The number of nitrogens with one attached hydrogen (secondary N) is 1. The highest BCUT2D eigenvalue weighted by molar-refractivity contribution is 9.10. The van der Waals surface area contributed by atoms with Gasteiger partial charge in [0.2, 0.25) is 0 Å². The van der Waals surface area contributed by atoms with Crippen molar-refractivity contribution in [1.82, 2.24) is 0 Å². The topological polar surface area (TPSA) is 55.2 Å². The van der Waals surface area contributed by atoms with Crippen LogP contribution in [0.25, 0.3) is 0 Å². The highest BCUT2D eigenvalue weighted by Crippen LogP contribution is 2.49. The predicted octanol–water partition coefficient (Wildman–Crippen LogP) is 4.34. The van der Waals surface area contributed by atoms with Crippen molar-refractivity contribution in [3.05, 3.63) is 32.5 Å². The summed E-state index contributed by atoms with van der Waals surface area (Å²) in [6.07, 6.45) is 5.05. The van der Waals surface area contributed by atoms with Crippen LogP contribution in [-0.4, -0.2) is 11.5 Å². The smallest absolute Gasteiger partial charge is 0.293 e. The molecule has 2 aliphatic carbocycles. The van der Waals surface area contributed by atoms with Gasteiger partial charge in [-0.3, -0.25) is 10.1 Å². The fourth-order valence-corrected chi connectivity index (χ4v) is 3.16. The molecule has 3 rings (SSSR count). The van der Waals surface area contributed by atoms with Gasteiger partial charge in [-0.25, -0.2) is 4.39 Å². The molecule has 0 spiro atoms. The molecule has 2 aliphatic rings. The van der Waals surface area contributed by atoms with Gasteiger partial charge in [-0.1, -0.05) is 0 Å². The van der Waals surface area contributed by atoms with Crippen molar-refractivity contribution in [2.75, 3.05) is 11.9 Å². The zero-order valence-electron chi connectivity index (χ0n) is 10.9. The van der Waals surface area contributed by atoms with Crippen LogP contribution in [0.15, 0.2) is 16.6 Å². The Morgan fingerprint density at radius 2 is 1.95 bits per heavy atom. The monoisotopic (exact) mass is 342 g/mol. The third-order valence-electron chi connectivity index (χ3n) is 4.22. The Labute approximate surface area is 125 Å². The molecule has 0 atom stereocenters. The van der Waals surface area contributed by atoms with E-state index in [-0.39, 0.29) is 15.8 Å². The standard InChI is InChI=1S/C14H16BrFN2O2/c15-11-5-14(18(19)20)13(6-12(11)16)17-7-10(8-1-2-8)9-3-4-9/h5-6,8-10,17H,1-4,7H2. The summed E-state index contributed by atoms with van der Waals surface area (Å²) in [5.74, 6) is 1.62. The number of nitro benzene ring substituents is 1. The Morgan fingerprint density at radius 1 is 1.35 bits per heavy atom. The van der Waals surface area contributed by atoms with Crippen LogP contribution in [0.2, 0.25) is 0 Å². The van der Waals surface area contributed by atoms with E-state index in [2.05, 4.69) is 21.2 Å². The Morgan fingerprint density at radius 3 is 2.45 bits per heavy atom. The summed E-state index contributed by atoms with van der Waals surface area (Å²) in [6, 6.07) is 2.43. The number of benzene rings is 1. The first-order valence-corrected chi connectivity index (χ1v) is 7.73. The number of hydrogen-bond acceptors (Lipinski definition) is 3. The molecule has 0 amide bonds. The average molecular weight is 343 g/mol. The van der Waals surface area contributed by atoms with E-state index in [0.717, 1.165) is 11.8 Å². The number of hydrogen-bond donors (Lipinski definition) is 1. The molecule has 2 saturated carbocycles. The minimum Gasteiger partial charge on any atom is -0.379 e. The second-order valence-corrected chi connectivity index (χ2v) is 6.61. The average Bonchev–Trinajstić information content (AvgIpc) is 3.26. The van der Waals surface area contributed by atoms with Gasteiger partial charge < -0.3 is 5.32 Å². The minimum atomic E-state index is -0.479. The third-order valence-corrected chi connectivity index (χ3v) is 4.83. The zero-order valence-corrected chi connectivity index (χ0v) is 12.5.